The quantitative estimate of drug-likeness (QED) is 0.518. The molecule has 0 saturated carbocycles. The highest BCUT2D eigenvalue weighted by Crippen LogP contribution is 2.30. The number of anilines is 2. The third kappa shape index (κ3) is 3.73. The number of aromatic amines is 1. The molecule has 4 heterocycles. The molecule has 0 aliphatic carbocycles. The first-order chi connectivity index (χ1) is 15.1. The van der Waals surface area contributed by atoms with Crippen LogP contribution in [0.1, 0.15) is 11.5 Å². The van der Waals surface area contributed by atoms with Crippen molar-refractivity contribution in [2.75, 3.05) is 32.6 Å². The lowest BCUT2D eigenvalue weighted by Gasteiger charge is -2.36. The van der Waals surface area contributed by atoms with Crippen LogP contribution in [0.15, 0.2) is 59.8 Å². The van der Waals surface area contributed by atoms with E-state index in [1.807, 2.05) is 24.3 Å². The number of rotatable bonds is 5. The van der Waals surface area contributed by atoms with Crippen LogP contribution in [0, 0.1) is 0 Å². The summed E-state index contributed by atoms with van der Waals surface area (Å²) in [6, 6.07) is 12.3. The van der Waals surface area contributed by atoms with Crippen molar-refractivity contribution in [2.24, 2.45) is 0 Å². The lowest BCUT2D eigenvalue weighted by Crippen LogP contribution is -2.41. The first-order valence-electron chi connectivity index (χ1n) is 10.0. The molecule has 1 saturated heterocycles. The van der Waals surface area contributed by atoms with Gasteiger partial charge in [0.1, 0.15) is 5.82 Å². The Morgan fingerprint density at radius 1 is 1.13 bits per heavy atom. The minimum Gasteiger partial charge on any atom is -0.467 e. The molecule has 1 aromatic carbocycles. The Bertz CT molecular complexity index is 1280. The van der Waals surface area contributed by atoms with Crippen molar-refractivity contribution in [1.29, 1.82) is 0 Å². The first kappa shape index (κ1) is 19.2. The van der Waals surface area contributed by atoms with E-state index < -0.39 is 0 Å². The van der Waals surface area contributed by atoms with Crippen LogP contribution in [0.2, 0.25) is 0 Å². The number of likely N-dealkylation sites (N-methyl/N-ethyl adjacent to an activating group) is 1. The summed E-state index contributed by atoms with van der Waals surface area (Å²) in [7, 11) is 3.65. The van der Waals surface area contributed by atoms with Crippen molar-refractivity contribution in [2.45, 2.75) is 5.92 Å². The van der Waals surface area contributed by atoms with Crippen molar-refractivity contribution in [1.82, 2.24) is 24.8 Å². The largest absolute Gasteiger partial charge is 0.467 e. The summed E-state index contributed by atoms with van der Waals surface area (Å²) in [6.07, 6.45) is 4.94. The molecule has 1 fully saturated rings. The highest BCUT2D eigenvalue weighted by atomic mass is 16.5. The Balaban J connectivity index is 1.52. The maximum Gasteiger partial charge on any atom is 0.316 e. The molecular formula is C23H22N6O2. The van der Waals surface area contributed by atoms with Gasteiger partial charge in [0.25, 0.3) is 5.56 Å². The van der Waals surface area contributed by atoms with Crippen LogP contribution >= 0.6 is 0 Å². The van der Waals surface area contributed by atoms with E-state index >= 15 is 0 Å². The van der Waals surface area contributed by atoms with Crippen molar-refractivity contribution >= 4 is 22.3 Å². The highest BCUT2D eigenvalue weighted by molar-refractivity contribution is 5.95. The number of nitrogens with zero attached hydrogens (tertiary/aromatic N) is 4. The second-order valence-corrected chi connectivity index (χ2v) is 7.75. The number of fused-ring (bicyclic) bond motifs is 1. The van der Waals surface area contributed by atoms with E-state index in [1.54, 1.807) is 18.6 Å². The summed E-state index contributed by atoms with van der Waals surface area (Å²) >= 11 is 0. The van der Waals surface area contributed by atoms with Crippen molar-refractivity contribution in [3.8, 4) is 17.3 Å². The number of methoxy groups -OCH3 is 1. The smallest absolute Gasteiger partial charge is 0.316 e. The highest BCUT2D eigenvalue weighted by Gasteiger charge is 2.24. The number of pyridine rings is 2. The molecule has 156 valence electrons. The number of likely N-dealkylation sites (tertiary alicyclic amines) is 1. The number of hydrogen-bond donors (Lipinski definition) is 2. The van der Waals surface area contributed by atoms with E-state index in [0.717, 1.165) is 29.7 Å². The molecule has 0 atom stereocenters. The Labute approximate surface area is 179 Å². The summed E-state index contributed by atoms with van der Waals surface area (Å²) in [5.41, 5.74) is 3.40. The van der Waals surface area contributed by atoms with Crippen LogP contribution in [0.4, 0.5) is 11.5 Å². The van der Waals surface area contributed by atoms with Crippen molar-refractivity contribution in [3.05, 3.63) is 70.9 Å². The first-order valence-corrected chi connectivity index (χ1v) is 10.0. The summed E-state index contributed by atoms with van der Waals surface area (Å²) in [6.45, 7) is 2.17. The molecule has 4 aromatic rings. The molecule has 2 N–H and O–H groups in total. The van der Waals surface area contributed by atoms with Gasteiger partial charge in [-0.2, -0.15) is 0 Å². The molecular weight excluding hydrogens is 392 g/mol. The van der Waals surface area contributed by atoms with Gasteiger partial charge in [0.05, 0.1) is 18.2 Å². The van der Waals surface area contributed by atoms with Gasteiger partial charge in [-0.3, -0.25) is 4.79 Å². The lowest BCUT2D eigenvalue weighted by atomic mass is 9.92. The van der Waals surface area contributed by atoms with Gasteiger partial charge in [-0.25, -0.2) is 15.0 Å². The van der Waals surface area contributed by atoms with Gasteiger partial charge in [0.15, 0.2) is 0 Å². The second kappa shape index (κ2) is 7.81. The second-order valence-electron chi connectivity index (χ2n) is 7.75. The van der Waals surface area contributed by atoms with Crippen molar-refractivity contribution < 1.29 is 4.74 Å². The van der Waals surface area contributed by atoms with Gasteiger partial charge in [-0.05, 0) is 42.3 Å². The molecule has 0 spiro atoms. The van der Waals surface area contributed by atoms with Crippen LogP contribution in [0.3, 0.4) is 0 Å². The van der Waals surface area contributed by atoms with Gasteiger partial charge in [-0.15, -0.1) is 0 Å². The van der Waals surface area contributed by atoms with Gasteiger partial charge < -0.3 is 19.9 Å². The third-order valence-corrected chi connectivity index (χ3v) is 5.57. The topological polar surface area (TPSA) is 96.0 Å². The summed E-state index contributed by atoms with van der Waals surface area (Å²) in [5, 5.41) is 4.61. The van der Waals surface area contributed by atoms with Gasteiger partial charge >= 0.3 is 6.01 Å². The maximum absolute atomic E-state index is 12.6. The third-order valence-electron chi connectivity index (χ3n) is 5.57. The molecule has 1 aliphatic rings. The Morgan fingerprint density at radius 2 is 1.87 bits per heavy atom. The van der Waals surface area contributed by atoms with E-state index in [-0.39, 0.29) is 11.6 Å². The van der Waals surface area contributed by atoms with E-state index in [2.05, 4.69) is 44.3 Å². The van der Waals surface area contributed by atoms with Gasteiger partial charge in [-0.1, -0.05) is 12.1 Å². The van der Waals surface area contributed by atoms with E-state index in [9.17, 15) is 4.79 Å². The zero-order chi connectivity index (χ0) is 21.4. The molecule has 0 unspecified atom stereocenters. The number of hydrogen-bond acceptors (Lipinski definition) is 7. The fourth-order valence-corrected chi connectivity index (χ4v) is 3.89. The van der Waals surface area contributed by atoms with E-state index in [0.29, 0.717) is 22.8 Å². The molecule has 0 bridgehead atoms. The van der Waals surface area contributed by atoms with Crippen molar-refractivity contribution in [3.63, 3.8) is 0 Å². The van der Waals surface area contributed by atoms with Crippen LogP contribution in [0.25, 0.3) is 22.0 Å². The molecule has 8 nitrogen and oxygen atoms in total. The normalized spacial score (nSPS) is 14.4. The summed E-state index contributed by atoms with van der Waals surface area (Å²) in [5.74, 6) is 1.07. The fraction of sp³-hybridized carbons (Fsp3) is 0.217. The number of H-pyrrole nitrogens is 1. The molecule has 31 heavy (non-hydrogen) atoms. The van der Waals surface area contributed by atoms with E-state index in [1.165, 1.54) is 12.7 Å². The summed E-state index contributed by atoms with van der Waals surface area (Å²) < 4.78 is 5.04. The Morgan fingerprint density at radius 3 is 2.55 bits per heavy atom. The maximum atomic E-state index is 12.6. The van der Waals surface area contributed by atoms with E-state index in [4.69, 9.17) is 9.72 Å². The van der Waals surface area contributed by atoms with Crippen LogP contribution in [-0.2, 0) is 0 Å². The fourth-order valence-electron chi connectivity index (χ4n) is 3.89. The standard InChI is InChI=1S/C23H22N6O2/c1-29-12-17(13-29)14-3-5-18(6-4-14)27-21-20-15(7-8-24-22(20)30)9-19(28-21)16-10-25-23(31-2)26-11-16/h3-11,17H,12-13H2,1-2H3,(H,24,30)(H,27,28). The molecule has 0 radical (unpaired) electrons. The predicted molar refractivity (Wildman–Crippen MR) is 120 cm³/mol. The Kier molecular flexibility index (Phi) is 4.83. The monoisotopic (exact) mass is 414 g/mol. The molecule has 8 heteroatoms. The minimum atomic E-state index is -0.195. The number of aromatic nitrogens is 4. The molecule has 1 aliphatic heterocycles. The zero-order valence-corrected chi connectivity index (χ0v) is 17.3. The minimum absolute atomic E-state index is 0.195. The number of nitrogens with one attached hydrogen (secondary N) is 2. The molecule has 5 rings (SSSR count). The van der Waals surface area contributed by atoms with Crippen LogP contribution in [0.5, 0.6) is 6.01 Å². The van der Waals surface area contributed by atoms with Crippen LogP contribution in [-0.4, -0.2) is 52.1 Å². The van der Waals surface area contributed by atoms with Crippen LogP contribution < -0.4 is 15.6 Å². The molecule has 0 amide bonds. The van der Waals surface area contributed by atoms with Gasteiger partial charge in [0.2, 0.25) is 0 Å². The molecule has 3 aromatic heterocycles. The number of ether oxygens (including phenoxy) is 1. The van der Waals surface area contributed by atoms with Gasteiger partial charge in [0, 0.05) is 48.8 Å². The SMILES string of the molecule is COc1ncc(-c2cc3cc[nH]c(=O)c3c(Nc3ccc(C4CN(C)C4)cc3)n2)cn1. The zero-order valence-electron chi connectivity index (χ0n) is 17.3. The predicted octanol–water partition coefficient (Wildman–Crippen LogP) is 3.16. The summed E-state index contributed by atoms with van der Waals surface area (Å²) in [4.78, 5) is 30.6. The Hall–Kier alpha value is -3.78. The lowest BCUT2D eigenvalue weighted by molar-refractivity contribution is 0.190. The number of benzene rings is 1. The average molecular weight is 414 g/mol. The average Bonchev–Trinajstić information content (AvgIpc) is 2.77.